The minimum atomic E-state index is 0.358. The topological polar surface area (TPSA) is 26.0 Å². The molecule has 2 aliphatic rings. The Morgan fingerprint density at radius 3 is 2.42 bits per heavy atom. The summed E-state index contributed by atoms with van der Waals surface area (Å²) in [7, 11) is 0. The molecule has 0 amide bonds. The van der Waals surface area contributed by atoms with E-state index in [4.69, 9.17) is 5.73 Å². The number of hydrogen-bond acceptors (Lipinski definition) is 1. The molecule has 2 bridgehead atoms. The highest BCUT2D eigenvalue weighted by molar-refractivity contribution is 5.23. The molecule has 1 nitrogen and oxygen atoms in total. The van der Waals surface area contributed by atoms with Crippen LogP contribution >= 0.6 is 0 Å². The van der Waals surface area contributed by atoms with Gasteiger partial charge in [0.25, 0.3) is 0 Å². The van der Waals surface area contributed by atoms with Gasteiger partial charge in [0.05, 0.1) is 0 Å². The predicted molar refractivity (Wildman–Crippen MR) is 81.1 cm³/mol. The molecule has 0 radical (unpaired) electrons. The van der Waals surface area contributed by atoms with E-state index in [1.807, 2.05) is 0 Å². The third-order valence-electron chi connectivity index (χ3n) is 5.42. The normalized spacial score (nSPS) is 30.7. The Hall–Kier alpha value is -0.820. The van der Waals surface area contributed by atoms with Gasteiger partial charge in [-0.3, -0.25) is 0 Å². The zero-order valence-electron chi connectivity index (χ0n) is 12.1. The molecule has 0 saturated heterocycles. The summed E-state index contributed by atoms with van der Waals surface area (Å²) in [5, 5.41) is 0. The number of hydrogen-bond donors (Lipinski definition) is 1. The zero-order valence-corrected chi connectivity index (χ0v) is 12.1. The molecule has 2 aliphatic carbocycles. The smallest absolute Gasteiger partial charge is 0.00820 e. The van der Waals surface area contributed by atoms with Crippen molar-refractivity contribution in [2.45, 2.75) is 57.9 Å². The molecule has 4 atom stereocenters. The summed E-state index contributed by atoms with van der Waals surface area (Å²) in [6.07, 6.45) is 9.36. The summed E-state index contributed by atoms with van der Waals surface area (Å²) in [6, 6.07) is 9.38. The molecule has 0 heterocycles. The van der Waals surface area contributed by atoms with Crippen LogP contribution in [0.4, 0.5) is 0 Å². The van der Waals surface area contributed by atoms with E-state index in [0.717, 1.165) is 30.6 Å². The SMILES string of the molecule is CCc1ccc(CC(N)CC2CC3CCC2C3)cc1. The predicted octanol–water partition coefficient (Wildman–Crippen LogP) is 3.95. The van der Waals surface area contributed by atoms with Gasteiger partial charge in [-0.2, -0.15) is 0 Å². The molecule has 104 valence electrons. The van der Waals surface area contributed by atoms with Gasteiger partial charge < -0.3 is 5.73 Å². The maximum atomic E-state index is 6.39. The highest BCUT2D eigenvalue weighted by Gasteiger charge is 2.39. The van der Waals surface area contributed by atoms with Gasteiger partial charge in [-0.25, -0.2) is 0 Å². The van der Waals surface area contributed by atoms with Crippen molar-refractivity contribution in [1.82, 2.24) is 0 Å². The molecule has 4 unspecified atom stereocenters. The molecular formula is C18H27N. The number of nitrogens with two attached hydrogens (primary N) is 1. The monoisotopic (exact) mass is 257 g/mol. The fourth-order valence-corrected chi connectivity index (χ4v) is 4.35. The average Bonchev–Trinajstić information content (AvgIpc) is 3.02. The van der Waals surface area contributed by atoms with Crippen LogP contribution in [0.1, 0.15) is 50.2 Å². The van der Waals surface area contributed by atoms with Gasteiger partial charge in [-0.05, 0) is 67.4 Å². The van der Waals surface area contributed by atoms with Gasteiger partial charge in [-0.1, -0.05) is 37.6 Å². The van der Waals surface area contributed by atoms with Gasteiger partial charge in [0, 0.05) is 6.04 Å². The molecule has 1 heteroatoms. The minimum Gasteiger partial charge on any atom is -0.327 e. The summed E-state index contributed by atoms with van der Waals surface area (Å²) in [5.74, 6) is 2.99. The first kappa shape index (κ1) is 13.2. The fraction of sp³-hybridized carbons (Fsp3) is 0.667. The molecule has 2 N–H and O–H groups in total. The van der Waals surface area contributed by atoms with E-state index in [0.29, 0.717) is 6.04 Å². The Morgan fingerprint density at radius 1 is 1.11 bits per heavy atom. The van der Waals surface area contributed by atoms with Crippen molar-refractivity contribution < 1.29 is 0 Å². The number of fused-ring (bicyclic) bond motifs is 2. The first-order valence-electron chi connectivity index (χ1n) is 8.08. The Bertz CT molecular complexity index is 408. The number of rotatable bonds is 5. The molecule has 0 spiro atoms. The number of benzene rings is 1. The summed E-state index contributed by atoms with van der Waals surface area (Å²) in [5.41, 5.74) is 9.22. The van der Waals surface area contributed by atoms with Crippen molar-refractivity contribution in [1.29, 1.82) is 0 Å². The van der Waals surface area contributed by atoms with Crippen molar-refractivity contribution in [3.8, 4) is 0 Å². The third-order valence-corrected chi connectivity index (χ3v) is 5.42. The van der Waals surface area contributed by atoms with E-state index < -0.39 is 0 Å². The molecule has 19 heavy (non-hydrogen) atoms. The van der Waals surface area contributed by atoms with Gasteiger partial charge >= 0.3 is 0 Å². The highest BCUT2D eigenvalue weighted by Crippen LogP contribution is 2.49. The molecule has 1 aromatic carbocycles. The number of aryl methyl sites for hydroxylation is 1. The van der Waals surface area contributed by atoms with Crippen LogP contribution in [-0.4, -0.2) is 6.04 Å². The van der Waals surface area contributed by atoms with Gasteiger partial charge in [-0.15, -0.1) is 0 Å². The van der Waals surface area contributed by atoms with E-state index >= 15 is 0 Å². The Kier molecular flexibility index (Phi) is 3.93. The summed E-state index contributed by atoms with van der Waals surface area (Å²) in [6.45, 7) is 2.20. The second-order valence-electron chi connectivity index (χ2n) is 6.80. The van der Waals surface area contributed by atoms with Gasteiger partial charge in [0.1, 0.15) is 0 Å². The van der Waals surface area contributed by atoms with E-state index in [1.165, 1.54) is 43.2 Å². The minimum absolute atomic E-state index is 0.358. The first-order chi connectivity index (χ1) is 9.24. The standard InChI is InChI=1S/C18H27N/c1-2-13-3-5-14(6-4-13)11-18(19)12-17-10-15-7-8-16(17)9-15/h3-6,15-18H,2,7-12,19H2,1H3. The van der Waals surface area contributed by atoms with E-state index in [9.17, 15) is 0 Å². The van der Waals surface area contributed by atoms with Crippen molar-refractivity contribution >= 4 is 0 Å². The van der Waals surface area contributed by atoms with Crippen LogP contribution in [0.25, 0.3) is 0 Å². The van der Waals surface area contributed by atoms with Crippen LogP contribution < -0.4 is 5.73 Å². The third kappa shape index (κ3) is 3.02. The van der Waals surface area contributed by atoms with Gasteiger partial charge in [0.2, 0.25) is 0 Å². The van der Waals surface area contributed by atoms with Crippen molar-refractivity contribution in [3.05, 3.63) is 35.4 Å². The largest absolute Gasteiger partial charge is 0.327 e. The maximum Gasteiger partial charge on any atom is 0.00820 e. The Labute approximate surface area is 117 Å². The van der Waals surface area contributed by atoms with Crippen LogP contribution in [0.15, 0.2) is 24.3 Å². The molecular weight excluding hydrogens is 230 g/mol. The molecule has 0 aromatic heterocycles. The van der Waals surface area contributed by atoms with Gasteiger partial charge in [0.15, 0.2) is 0 Å². The summed E-state index contributed by atoms with van der Waals surface area (Å²) in [4.78, 5) is 0. The van der Waals surface area contributed by atoms with Crippen LogP contribution in [0.2, 0.25) is 0 Å². The fourth-order valence-electron chi connectivity index (χ4n) is 4.35. The van der Waals surface area contributed by atoms with E-state index in [-0.39, 0.29) is 0 Å². The summed E-state index contributed by atoms with van der Waals surface area (Å²) < 4.78 is 0. The zero-order chi connectivity index (χ0) is 13.2. The average molecular weight is 257 g/mol. The van der Waals surface area contributed by atoms with Crippen molar-refractivity contribution in [2.75, 3.05) is 0 Å². The van der Waals surface area contributed by atoms with Crippen molar-refractivity contribution in [3.63, 3.8) is 0 Å². The lowest BCUT2D eigenvalue weighted by molar-refractivity contribution is 0.294. The van der Waals surface area contributed by atoms with Crippen LogP contribution in [0.3, 0.4) is 0 Å². The molecule has 0 aliphatic heterocycles. The van der Waals surface area contributed by atoms with Crippen LogP contribution in [-0.2, 0) is 12.8 Å². The lowest BCUT2D eigenvalue weighted by atomic mass is 9.83. The Morgan fingerprint density at radius 2 is 1.84 bits per heavy atom. The Balaban J connectivity index is 1.51. The second-order valence-corrected chi connectivity index (χ2v) is 6.80. The van der Waals surface area contributed by atoms with Crippen molar-refractivity contribution in [2.24, 2.45) is 23.5 Å². The van der Waals surface area contributed by atoms with Crippen LogP contribution in [0.5, 0.6) is 0 Å². The van der Waals surface area contributed by atoms with E-state index in [1.54, 1.807) is 0 Å². The maximum absolute atomic E-state index is 6.39. The molecule has 3 rings (SSSR count). The quantitative estimate of drug-likeness (QED) is 0.849. The van der Waals surface area contributed by atoms with Crippen LogP contribution in [0, 0.1) is 17.8 Å². The molecule has 2 saturated carbocycles. The van der Waals surface area contributed by atoms with E-state index in [2.05, 4.69) is 31.2 Å². The lowest BCUT2D eigenvalue weighted by Gasteiger charge is -2.24. The lowest BCUT2D eigenvalue weighted by Crippen LogP contribution is -2.28. The molecule has 2 fully saturated rings. The highest BCUT2D eigenvalue weighted by atomic mass is 14.6. The second kappa shape index (κ2) is 5.66. The first-order valence-corrected chi connectivity index (χ1v) is 8.08. The molecule has 1 aromatic rings. The summed E-state index contributed by atoms with van der Waals surface area (Å²) >= 11 is 0.